The molecule has 0 saturated heterocycles. The molecule has 1 aromatic rings. The Morgan fingerprint density at radius 2 is 2.10 bits per heavy atom. The number of hydrogen-bond acceptors (Lipinski definition) is 3. The van der Waals surface area contributed by atoms with Gasteiger partial charge >= 0.3 is 11.8 Å². The van der Waals surface area contributed by atoms with Gasteiger partial charge in [0.05, 0.1) is 5.54 Å². The maximum Gasteiger partial charge on any atom is 0.413 e. The normalized spacial score (nSPS) is 22.6. The van der Waals surface area contributed by atoms with E-state index in [2.05, 4.69) is 4.98 Å². The molecule has 0 aromatic carbocycles. The van der Waals surface area contributed by atoms with Crippen molar-refractivity contribution in [3.05, 3.63) is 21.7 Å². The van der Waals surface area contributed by atoms with E-state index in [1.807, 2.05) is 27.7 Å². The molecule has 1 atom stereocenters. The van der Waals surface area contributed by atoms with E-state index in [0.29, 0.717) is 13.0 Å². The molecule has 2 rings (SSSR count). The van der Waals surface area contributed by atoms with E-state index in [1.54, 1.807) is 0 Å². The largest absolute Gasteiger partial charge is 0.465 e. The molecule has 7 heteroatoms. The summed E-state index contributed by atoms with van der Waals surface area (Å²) >= 11 is 5.82. The van der Waals surface area contributed by atoms with Gasteiger partial charge in [0.1, 0.15) is 11.0 Å². The van der Waals surface area contributed by atoms with Crippen molar-refractivity contribution >= 4 is 23.5 Å². The van der Waals surface area contributed by atoms with Crippen molar-refractivity contribution in [3.8, 4) is 0 Å². The fourth-order valence-corrected chi connectivity index (χ4v) is 2.75. The van der Waals surface area contributed by atoms with Gasteiger partial charge in [0.2, 0.25) is 0 Å². The van der Waals surface area contributed by atoms with E-state index in [1.165, 1.54) is 15.5 Å². The van der Waals surface area contributed by atoms with Crippen molar-refractivity contribution in [2.45, 2.75) is 46.2 Å². The van der Waals surface area contributed by atoms with Crippen molar-refractivity contribution in [3.63, 3.8) is 0 Å². The average molecular weight is 300 g/mol. The average Bonchev–Trinajstić information content (AvgIpc) is 2.25. The van der Waals surface area contributed by atoms with Gasteiger partial charge in [0, 0.05) is 12.6 Å². The second kappa shape index (κ2) is 4.48. The van der Waals surface area contributed by atoms with Crippen LogP contribution in [0.5, 0.6) is 0 Å². The second-order valence-electron chi connectivity index (χ2n) is 6.26. The molecule has 1 amide bonds. The van der Waals surface area contributed by atoms with E-state index >= 15 is 0 Å². The Morgan fingerprint density at radius 1 is 1.50 bits per heavy atom. The zero-order valence-corrected chi connectivity index (χ0v) is 12.7. The van der Waals surface area contributed by atoms with Crippen LogP contribution >= 0.6 is 11.6 Å². The summed E-state index contributed by atoms with van der Waals surface area (Å²) in [5.74, 6) is 0.283. The van der Waals surface area contributed by atoms with Gasteiger partial charge in [0.15, 0.2) is 0 Å². The van der Waals surface area contributed by atoms with Crippen LogP contribution in [0.4, 0.5) is 10.6 Å². The maximum atomic E-state index is 11.9. The molecular formula is C13H18ClN3O3. The van der Waals surface area contributed by atoms with E-state index in [9.17, 15) is 14.7 Å². The van der Waals surface area contributed by atoms with Crippen LogP contribution in [-0.2, 0) is 6.54 Å². The number of nitrogens with zero attached hydrogens (tertiary/aromatic N) is 3. The summed E-state index contributed by atoms with van der Waals surface area (Å²) in [6.07, 6.45) is -0.559. The van der Waals surface area contributed by atoms with Crippen LogP contribution in [0, 0.1) is 5.41 Å². The third kappa shape index (κ3) is 2.08. The minimum absolute atomic E-state index is 0.00524. The summed E-state index contributed by atoms with van der Waals surface area (Å²) in [7, 11) is 0. The van der Waals surface area contributed by atoms with Crippen LogP contribution in [0.25, 0.3) is 0 Å². The second-order valence-corrected chi connectivity index (χ2v) is 6.65. The van der Waals surface area contributed by atoms with Crippen molar-refractivity contribution in [2.75, 3.05) is 4.90 Å². The Kier molecular flexibility index (Phi) is 3.32. The molecular weight excluding hydrogens is 282 g/mol. The number of carbonyl (C=O) groups is 1. The van der Waals surface area contributed by atoms with Gasteiger partial charge in [-0.05, 0) is 18.8 Å². The molecule has 1 unspecified atom stereocenters. The van der Waals surface area contributed by atoms with Crippen molar-refractivity contribution < 1.29 is 9.90 Å². The van der Waals surface area contributed by atoms with E-state index < -0.39 is 17.3 Å². The zero-order valence-electron chi connectivity index (χ0n) is 12.0. The lowest BCUT2D eigenvalue weighted by molar-refractivity contribution is 0.136. The lowest BCUT2D eigenvalue weighted by Crippen LogP contribution is -2.61. The summed E-state index contributed by atoms with van der Waals surface area (Å²) in [6, 6.07) is 1.43. The van der Waals surface area contributed by atoms with E-state index in [-0.39, 0.29) is 16.4 Å². The number of aromatic nitrogens is 2. The highest BCUT2D eigenvalue weighted by Crippen LogP contribution is 2.43. The van der Waals surface area contributed by atoms with Crippen LogP contribution in [0.15, 0.2) is 10.9 Å². The highest BCUT2D eigenvalue weighted by Gasteiger charge is 2.49. The third-order valence-corrected chi connectivity index (χ3v) is 4.50. The SMILES string of the molecule is CC(C)(C)C1(C)CCn2c(cc(Cl)nc2=O)N1C(=O)O. The third-order valence-electron chi connectivity index (χ3n) is 4.31. The minimum Gasteiger partial charge on any atom is -0.465 e. The number of amides is 1. The Bertz CT molecular complexity index is 620. The molecule has 0 fully saturated rings. The van der Waals surface area contributed by atoms with Gasteiger partial charge in [-0.2, -0.15) is 4.98 Å². The van der Waals surface area contributed by atoms with Gasteiger partial charge in [-0.25, -0.2) is 9.59 Å². The van der Waals surface area contributed by atoms with Gasteiger partial charge in [-0.3, -0.25) is 9.47 Å². The van der Waals surface area contributed by atoms with Crippen molar-refractivity contribution in [1.82, 2.24) is 9.55 Å². The first kappa shape index (κ1) is 14.8. The molecule has 6 nitrogen and oxygen atoms in total. The molecule has 0 saturated carbocycles. The quantitative estimate of drug-likeness (QED) is 0.747. The fourth-order valence-electron chi connectivity index (χ4n) is 2.58. The molecule has 0 bridgehead atoms. The van der Waals surface area contributed by atoms with Gasteiger partial charge in [-0.1, -0.05) is 32.4 Å². The molecule has 110 valence electrons. The number of hydrogen-bond donors (Lipinski definition) is 1. The topological polar surface area (TPSA) is 75.4 Å². The minimum atomic E-state index is -1.10. The van der Waals surface area contributed by atoms with Crippen LogP contribution < -0.4 is 10.6 Å². The highest BCUT2D eigenvalue weighted by atomic mass is 35.5. The lowest BCUT2D eigenvalue weighted by atomic mass is 9.71. The first-order valence-electron chi connectivity index (χ1n) is 6.38. The number of halogens is 1. The van der Waals surface area contributed by atoms with Crippen molar-refractivity contribution in [1.29, 1.82) is 0 Å². The van der Waals surface area contributed by atoms with Gasteiger partial charge in [0.25, 0.3) is 0 Å². The summed E-state index contributed by atoms with van der Waals surface area (Å²) in [6.45, 7) is 8.28. The molecule has 20 heavy (non-hydrogen) atoms. The fraction of sp³-hybridized carbons (Fsp3) is 0.615. The predicted molar refractivity (Wildman–Crippen MR) is 76.5 cm³/mol. The first-order chi connectivity index (χ1) is 9.08. The van der Waals surface area contributed by atoms with Crippen LogP contribution in [0.1, 0.15) is 34.1 Å². The number of anilines is 1. The highest BCUT2D eigenvalue weighted by molar-refractivity contribution is 6.29. The molecule has 1 aliphatic rings. The Labute approximate surface area is 122 Å². The number of rotatable bonds is 0. The zero-order chi connectivity index (χ0) is 15.3. The summed E-state index contributed by atoms with van der Waals surface area (Å²) in [5, 5.41) is 9.62. The van der Waals surface area contributed by atoms with Gasteiger partial charge < -0.3 is 5.11 Å². The standard InChI is InChI=1S/C13H18ClN3O3/c1-12(2,3)13(4)5-6-16-9(17(13)11(19)20)7-8(14)15-10(16)18/h7H,5-6H2,1-4H3,(H,19,20). The Morgan fingerprint density at radius 3 is 2.60 bits per heavy atom. The smallest absolute Gasteiger partial charge is 0.413 e. The lowest BCUT2D eigenvalue weighted by Gasteiger charge is -2.51. The summed E-state index contributed by atoms with van der Waals surface area (Å²) < 4.78 is 1.35. The van der Waals surface area contributed by atoms with Crippen LogP contribution in [0.3, 0.4) is 0 Å². The molecule has 1 aliphatic heterocycles. The molecule has 0 radical (unpaired) electrons. The Balaban J connectivity index is 2.72. The molecule has 0 aliphatic carbocycles. The van der Waals surface area contributed by atoms with Gasteiger partial charge in [-0.15, -0.1) is 0 Å². The first-order valence-corrected chi connectivity index (χ1v) is 6.76. The van der Waals surface area contributed by atoms with E-state index in [4.69, 9.17) is 11.6 Å². The summed E-state index contributed by atoms with van der Waals surface area (Å²) in [4.78, 5) is 28.5. The molecule has 2 heterocycles. The molecule has 1 aromatic heterocycles. The monoisotopic (exact) mass is 299 g/mol. The van der Waals surface area contributed by atoms with Crippen LogP contribution in [0.2, 0.25) is 5.15 Å². The predicted octanol–water partition coefficient (Wildman–Crippen LogP) is 2.59. The maximum absolute atomic E-state index is 11.9. The summed E-state index contributed by atoms with van der Waals surface area (Å²) in [5.41, 5.74) is -1.44. The number of carboxylic acid groups (broad SMARTS) is 1. The van der Waals surface area contributed by atoms with Crippen molar-refractivity contribution in [2.24, 2.45) is 5.41 Å². The Hall–Kier alpha value is -1.56. The van der Waals surface area contributed by atoms with E-state index in [0.717, 1.165) is 0 Å². The molecule has 0 spiro atoms. The molecule has 1 N–H and O–H groups in total. The van der Waals surface area contributed by atoms with Crippen LogP contribution in [-0.4, -0.2) is 26.3 Å². The number of fused-ring (bicyclic) bond motifs is 1.